The van der Waals surface area contributed by atoms with E-state index in [1.165, 1.54) is 15.9 Å². The Kier molecular flexibility index (Phi) is 7.74. The molecular formula is C24H25BrNOP. The van der Waals surface area contributed by atoms with Gasteiger partial charge in [0.05, 0.1) is 0 Å². The number of rotatable bonds is 6. The highest BCUT2D eigenvalue weighted by molar-refractivity contribution is 7.95. The first-order chi connectivity index (χ1) is 13.1. The highest BCUT2D eigenvalue weighted by Gasteiger charge is 2.46. The molecule has 3 aromatic rings. The first-order valence-electron chi connectivity index (χ1n) is 9.00. The van der Waals surface area contributed by atoms with Crippen molar-refractivity contribution in [3.8, 4) is 0 Å². The largest absolute Gasteiger partial charge is 1.00 e. The van der Waals surface area contributed by atoms with Crippen molar-refractivity contribution in [3.05, 3.63) is 103 Å². The highest BCUT2D eigenvalue weighted by Crippen LogP contribution is 2.56. The molecule has 0 saturated carbocycles. The number of hydrogen-bond acceptors (Lipinski definition) is 1. The zero-order valence-corrected chi connectivity index (χ0v) is 18.7. The number of carbonyl (C=O) groups is 1. The summed E-state index contributed by atoms with van der Waals surface area (Å²) in [5, 5.41) is 3.78. The fourth-order valence-electron chi connectivity index (χ4n) is 3.44. The van der Waals surface area contributed by atoms with Crippen molar-refractivity contribution in [2.45, 2.75) is 0 Å². The van der Waals surface area contributed by atoms with Crippen molar-refractivity contribution in [3.63, 3.8) is 0 Å². The maximum Gasteiger partial charge on any atom is 0.252 e. The van der Waals surface area contributed by atoms with Gasteiger partial charge in [-0.25, -0.2) is 0 Å². The lowest BCUT2D eigenvalue weighted by Gasteiger charge is -2.28. The molecule has 2 nitrogen and oxygen atoms in total. The van der Waals surface area contributed by atoms with Gasteiger partial charge in [0, 0.05) is 19.7 Å². The number of carbonyl (C=O) groups excluding carboxylic acids is 1. The molecule has 0 unspecified atom stereocenters. The topological polar surface area (TPSA) is 20.3 Å². The van der Waals surface area contributed by atoms with Gasteiger partial charge < -0.3 is 21.9 Å². The molecule has 0 fully saturated rings. The molecule has 0 bridgehead atoms. The second kappa shape index (κ2) is 9.82. The Morgan fingerprint density at radius 3 is 1.36 bits per heavy atom. The van der Waals surface area contributed by atoms with Crippen LogP contribution in [-0.4, -0.2) is 31.1 Å². The minimum absolute atomic E-state index is 0. The molecule has 28 heavy (non-hydrogen) atoms. The van der Waals surface area contributed by atoms with Crippen molar-refractivity contribution in [1.29, 1.82) is 0 Å². The van der Waals surface area contributed by atoms with E-state index in [9.17, 15) is 4.79 Å². The number of hydrogen-bond donors (Lipinski definition) is 0. The van der Waals surface area contributed by atoms with Gasteiger partial charge in [0.2, 0.25) is 0 Å². The summed E-state index contributed by atoms with van der Waals surface area (Å²) in [7, 11) is 1.51. The smallest absolute Gasteiger partial charge is 0.252 e. The van der Waals surface area contributed by atoms with Gasteiger partial charge in [-0.2, -0.15) is 0 Å². The van der Waals surface area contributed by atoms with Crippen LogP contribution in [0.15, 0.2) is 103 Å². The summed E-state index contributed by atoms with van der Waals surface area (Å²) >= 11 is 0. The SMILES string of the molecule is C=C(C[P+](c1ccccc1)(c1ccccc1)c1ccccc1)C(=O)N(C)C.[Br-]. The Labute approximate surface area is 179 Å². The first-order valence-corrected chi connectivity index (χ1v) is 11.0. The summed E-state index contributed by atoms with van der Waals surface area (Å²) in [5.74, 6) is -0.0119. The predicted molar refractivity (Wildman–Crippen MR) is 118 cm³/mol. The van der Waals surface area contributed by atoms with Crippen LogP contribution in [0.3, 0.4) is 0 Å². The van der Waals surface area contributed by atoms with E-state index in [-0.39, 0.29) is 22.9 Å². The van der Waals surface area contributed by atoms with Gasteiger partial charge in [-0.3, -0.25) is 4.79 Å². The summed E-state index contributed by atoms with van der Waals surface area (Å²) < 4.78 is 0. The maximum absolute atomic E-state index is 12.7. The quantitative estimate of drug-likeness (QED) is 0.396. The Bertz CT molecular complexity index is 814. The van der Waals surface area contributed by atoms with Crippen LogP contribution < -0.4 is 32.9 Å². The molecule has 144 valence electrons. The van der Waals surface area contributed by atoms with Crippen LogP contribution in [0.4, 0.5) is 0 Å². The molecule has 1 amide bonds. The zero-order chi connectivity index (χ0) is 19.3. The monoisotopic (exact) mass is 453 g/mol. The molecule has 0 aliphatic carbocycles. The Balaban J connectivity index is 0.00000280. The van der Waals surface area contributed by atoms with Crippen LogP contribution in [0, 0.1) is 0 Å². The first kappa shape index (κ1) is 22.1. The lowest BCUT2D eigenvalue weighted by molar-refractivity contribution is -0.124. The zero-order valence-electron chi connectivity index (χ0n) is 16.3. The van der Waals surface area contributed by atoms with E-state index in [4.69, 9.17) is 0 Å². The molecule has 0 saturated heterocycles. The number of nitrogens with zero attached hydrogens (tertiary/aromatic N) is 1. The van der Waals surface area contributed by atoms with Gasteiger partial charge in [-0.1, -0.05) is 61.2 Å². The van der Waals surface area contributed by atoms with Gasteiger partial charge in [-0.15, -0.1) is 0 Å². The molecule has 4 heteroatoms. The van der Waals surface area contributed by atoms with Crippen LogP contribution in [0.2, 0.25) is 0 Å². The number of halogens is 1. The molecule has 0 heterocycles. The average molecular weight is 454 g/mol. The normalized spacial score (nSPS) is 10.6. The Hall–Kier alpha value is -2.22. The second-order valence-corrected chi connectivity index (χ2v) is 10.3. The van der Waals surface area contributed by atoms with Gasteiger partial charge >= 0.3 is 0 Å². The molecular weight excluding hydrogens is 429 g/mol. The van der Waals surface area contributed by atoms with Crippen molar-refractivity contribution >= 4 is 29.1 Å². The molecule has 0 N–H and O–H groups in total. The second-order valence-electron chi connectivity index (χ2n) is 6.78. The number of amides is 1. The third-order valence-corrected chi connectivity index (χ3v) is 9.12. The molecule has 0 aliphatic heterocycles. The molecule has 0 radical (unpaired) electrons. The van der Waals surface area contributed by atoms with Crippen LogP contribution in [0.1, 0.15) is 0 Å². The molecule has 0 atom stereocenters. The van der Waals surface area contributed by atoms with Crippen LogP contribution >= 0.6 is 7.26 Å². The van der Waals surface area contributed by atoms with Gasteiger partial charge in [0.25, 0.3) is 5.91 Å². The van der Waals surface area contributed by atoms with Crippen LogP contribution in [0.25, 0.3) is 0 Å². The maximum atomic E-state index is 12.7. The van der Waals surface area contributed by atoms with Crippen molar-refractivity contribution in [2.24, 2.45) is 0 Å². The van der Waals surface area contributed by atoms with Crippen molar-refractivity contribution in [1.82, 2.24) is 4.90 Å². The highest BCUT2D eigenvalue weighted by atomic mass is 79.9. The predicted octanol–water partition coefficient (Wildman–Crippen LogP) is 0.629. The fourth-order valence-corrected chi connectivity index (χ4v) is 7.63. The van der Waals surface area contributed by atoms with Crippen molar-refractivity contribution < 1.29 is 21.8 Å². The molecule has 3 aromatic carbocycles. The minimum atomic E-state index is -2.05. The summed E-state index contributed by atoms with van der Waals surface area (Å²) in [6, 6.07) is 31.7. The molecule has 0 aliphatic rings. The minimum Gasteiger partial charge on any atom is -1.00 e. The Morgan fingerprint density at radius 2 is 1.07 bits per heavy atom. The van der Waals surface area contributed by atoms with Crippen molar-refractivity contribution in [2.75, 3.05) is 20.3 Å². The fraction of sp³-hybridized carbons (Fsp3) is 0.125. The third-order valence-electron chi connectivity index (χ3n) is 4.73. The average Bonchev–Trinajstić information content (AvgIpc) is 2.73. The van der Waals surface area contributed by atoms with E-state index < -0.39 is 7.26 Å². The van der Waals surface area contributed by atoms with E-state index in [0.717, 1.165) is 0 Å². The van der Waals surface area contributed by atoms with Gasteiger partial charge in [0.15, 0.2) is 0 Å². The van der Waals surface area contributed by atoms with Crippen LogP contribution in [0.5, 0.6) is 0 Å². The van der Waals surface area contributed by atoms with E-state index in [0.29, 0.717) is 11.7 Å². The van der Waals surface area contributed by atoms with E-state index in [1.54, 1.807) is 19.0 Å². The molecule has 0 aromatic heterocycles. The van der Waals surface area contributed by atoms with E-state index in [2.05, 4.69) is 79.4 Å². The van der Waals surface area contributed by atoms with E-state index in [1.807, 2.05) is 18.2 Å². The summed E-state index contributed by atoms with van der Waals surface area (Å²) in [6.45, 7) is 4.17. The Morgan fingerprint density at radius 1 is 0.750 bits per heavy atom. The lowest BCUT2D eigenvalue weighted by Crippen LogP contribution is -3.00. The lowest BCUT2D eigenvalue weighted by atomic mass is 10.3. The molecule has 0 spiro atoms. The number of benzene rings is 3. The number of likely N-dealkylation sites (N-methyl/N-ethyl adjacent to an activating group) is 1. The van der Waals surface area contributed by atoms with E-state index >= 15 is 0 Å². The third kappa shape index (κ3) is 4.43. The van der Waals surface area contributed by atoms with Gasteiger partial charge in [-0.05, 0) is 36.4 Å². The summed E-state index contributed by atoms with van der Waals surface area (Å²) in [5.41, 5.74) is 0.643. The summed E-state index contributed by atoms with van der Waals surface area (Å²) in [6.07, 6.45) is 0.627. The van der Waals surface area contributed by atoms with Crippen LogP contribution in [-0.2, 0) is 4.79 Å². The molecule has 3 rings (SSSR count). The van der Waals surface area contributed by atoms with Gasteiger partial charge in [0.1, 0.15) is 29.3 Å². The summed E-state index contributed by atoms with van der Waals surface area (Å²) in [4.78, 5) is 14.3. The standard InChI is InChI=1S/C24H25NOP.BrH/c1-20(24(26)25(2)3)19-27(21-13-7-4-8-14-21,22-15-9-5-10-16-22)23-17-11-6-12-18-23;/h4-18H,1,19H2,2-3H3;1H/q+1;/p-1.